The molecule has 0 aliphatic carbocycles. The van der Waals surface area contributed by atoms with Crippen LogP contribution in [0.2, 0.25) is 0 Å². The zero-order valence-electron chi connectivity index (χ0n) is 9.33. The van der Waals surface area contributed by atoms with Gasteiger partial charge in [-0.1, -0.05) is 12.1 Å². The molecule has 2 aromatic rings. The molecule has 0 amide bonds. The second-order valence-electron chi connectivity index (χ2n) is 3.71. The van der Waals surface area contributed by atoms with E-state index in [2.05, 4.69) is 0 Å². The summed E-state index contributed by atoms with van der Waals surface area (Å²) in [5.41, 5.74) is 0.812. The molecule has 2 N–H and O–H groups in total. The van der Waals surface area contributed by atoms with Crippen LogP contribution in [0.3, 0.4) is 0 Å². The van der Waals surface area contributed by atoms with Gasteiger partial charge in [0.2, 0.25) is 0 Å². The predicted octanol–water partition coefficient (Wildman–Crippen LogP) is 1.30. The van der Waals surface area contributed by atoms with Crippen LogP contribution in [0.4, 0.5) is 0 Å². The van der Waals surface area contributed by atoms with E-state index in [-0.39, 0.29) is 12.1 Å². The zero-order valence-corrected chi connectivity index (χ0v) is 9.33. The first-order valence-electron chi connectivity index (χ1n) is 5.15. The molecule has 1 aromatic heterocycles. The largest absolute Gasteiger partial charge is 0.478 e. The first-order valence-corrected chi connectivity index (χ1v) is 5.15. The van der Waals surface area contributed by atoms with Crippen molar-refractivity contribution in [1.82, 2.24) is 4.57 Å². The fourth-order valence-corrected chi connectivity index (χ4v) is 1.83. The van der Waals surface area contributed by atoms with E-state index in [4.69, 9.17) is 9.84 Å². The molecule has 0 fully saturated rings. The number of carboxylic acid groups (broad SMARTS) is 1. The van der Waals surface area contributed by atoms with Gasteiger partial charge < -0.3 is 19.5 Å². The van der Waals surface area contributed by atoms with Crippen LogP contribution < -0.4 is 0 Å². The van der Waals surface area contributed by atoms with Crippen LogP contribution in [0.1, 0.15) is 10.4 Å². The number of carboxylic acids is 1. The van der Waals surface area contributed by atoms with Crippen LogP contribution in [0.25, 0.3) is 10.9 Å². The molecule has 0 bridgehead atoms. The van der Waals surface area contributed by atoms with Crippen LogP contribution in [0.5, 0.6) is 0 Å². The second-order valence-corrected chi connectivity index (χ2v) is 3.71. The summed E-state index contributed by atoms with van der Waals surface area (Å²) in [7, 11) is 1.40. The van der Waals surface area contributed by atoms with Gasteiger partial charge in [0, 0.05) is 18.7 Å². The first-order chi connectivity index (χ1) is 8.13. The fourth-order valence-electron chi connectivity index (χ4n) is 1.83. The van der Waals surface area contributed by atoms with Crippen LogP contribution in [-0.4, -0.2) is 34.1 Å². The third-order valence-electron chi connectivity index (χ3n) is 2.64. The summed E-state index contributed by atoms with van der Waals surface area (Å²) in [5, 5.41) is 19.4. The maximum absolute atomic E-state index is 11.1. The van der Waals surface area contributed by atoms with Gasteiger partial charge in [0.05, 0.1) is 17.6 Å². The Kier molecular flexibility index (Phi) is 3.12. The van der Waals surface area contributed by atoms with Gasteiger partial charge in [-0.15, -0.1) is 0 Å². The van der Waals surface area contributed by atoms with Crippen molar-refractivity contribution in [3.63, 3.8) is 0 Å². The summed E-state index contributed by atoms with van der Waals surface area (Å²) in [6, 6.07) is 6.88. The number of rotatable bonds is 4. The molecule has 0 aliphatic rings. The quantitative estimate of drug-likeness (QED) is 0.784. The number of aromatic carboxylic acids is 1. The number of hydrogen-bond acceptors (Lipinski definition) is 3. The Bertz CT molecular complexity index is 546. The van der Waals surface area contributed by atoms with Crippen molar-refractivity contribution in [3.05, 3.63) is 36.0 Å². The van der Waals surface area contributed by atoms with Gasteiger partial charge in [-0.05, 0) is 12.1 Å². The third kappa shape index (κ3) is 2.15. The molecule has 2 rings (SSSR count). The molecular formula is C12H13NO4. The highest BCUT2D eigenvalue weighted by atomic mass is 16.6. The SMILES string of the molecule is COC(O)Cn1ccc2cccc(C(=O)O)c21. The molecule has 90 valence electrons. The zero-order chi connectivity index (χ0) is 12.4. The lowest BCUT2D eigenvalue weighted by Crippen LogP contribution is -2.17. The number of para-hydroxylation sites is 1. The maximum atomic E-state index is 11.1. The van der Waals surface area contributed by atoms with Crippen molar-refractivity contribution >= 4 is 16.9 Å². The lowest BCUT2D eigenvalue weighted by atomic mass is 10.1. The monoisotopic (exact) mass is 235 g/mol. The highest BCUT2D eigenvalue weighted by molar-refractivity contribution is 6.02. The van der Waals surface area contributed by atoms with E-state index in [1.54, 1.807) is 22.9 Å². The Morgan fingerprint density at radius 2 is 2.24 bits per heavy atom. The molecular weight excluding hydrogens is 222 g/mol. The molecule has 1 heterocycles. The topological polar surface area (TPSA) is 71.7 Å². The lowest BCUT2D eigenvalue weighted by molar-refractivity contribution is -0.0827. The van der Waals surface area contributed by atoms with E-state index in [1.165, 1.54) is 7.11 Å². The summed E-state index contributed by atoms with van der Waals surface area (Å²) in [4.78, 5) is 11.1. The molecule has 1 unspecified atom stereocenters. The standard InChI is InChI=1S/C12H13NO4/c1-17-10(14)7-13-6-5-8-3-2-4-9(11(8)13)12(15)16/h2-6,10,14H,7H2,1H3,(H,15,16). The first kappa shape index (κ1) is 11.6. The number of aliphatic hydroxyl groups is 1. The molecule has 0 aliphatic heterocycles. The van der Waals surface area contributed by atoms with Crippen molar-refractivity contribution in [1.29, 1.82) is 0 Å². The number of nitrogens with zero attached hydrogens (tertiary/aromatic N) is 1. The van der Waals surface area contributed by atoms with Crippen LogP contribution in [-0.2, 0) is 11.3 Å². The van der Waals surface area contributed by atoms with Crippen molar-refractivity contribution in [2.24, 2.45) is 0 Å². The Hall–Kier alpha value is -1.85. The van der Waals surface area contributed by atoms with Crippen molar-refractivity contribution in [2.45, 2.75) is 12.8 Å². The lowest BCUT2D eigenvalue weighted by Gasteiger charge is -2.11. The molecule has 1 aromatic carbocycles. The number of aromatic nitrogens is 1. The normalized spacial score (nSPS) is 12.8. The number of benzene rings is 1. The van der Waals surface area contributed by atoms with Gasteiger partial charge in [-0.2, -0.15) is 0 Å². The molecule has 0 saturated carbocycles. The highest BCUT2D eigenvalue weighted by Gasteiger charge is 2.13. The summed E-state index contributed by atoms with van der Waals surface area (Å²) in [6.07, 6.45) is 0.784. The minimum absolute atomic E-state index is 0.199. The summed E-state index contributed by atoms with van der Waals surface area (Å²) in [6.45, 7) is 0.199. The number of hydrogen-bond donors (Lipinski definition) is 2. The number of aliphatic hydroxyl groups excluding tert-OH is 1. The van der Waals surface area contributed by atoms with Gasteiger partial charge in [-0.25, -0.2) is 4.79 Å². The number of ether oxygens (including phenoxy) is 1. The Morgan fingerprint density at radius 3 is 2.88 bits per heavy atom. The van der Waals surface area contributed by atoms with Crippen LogP contribution >= 0.6 is 0 Å². The molecule has 5 heteroatoms. The van der Waals surface area contributed by atoms with E-state index in [0.717, 1.165) is 5.39 Å². The molecule has 0 spiro atoms. The number of methoxy groups -OCH3 is 1. The van der Waals surface area contributed by atoms with Crippen LogP contribution in [0.15, 0.2) is 30.5 Å². The summed E-state index contributed by atoms with van der Waals surface area (Å²) >= 11 is 0. The van der Waals surface area contributed by atoms with Gasteiger partial charge in [0.15, 0.2) is 6.29 Å². The summed E-state index contributed by atoms with van der Waals surface area (Å²) < 4.78 is 6.43. The Labute approximate surface area is 97.9 Å². The van der Waals surface area contributed by atoms with Crippen molar-refractivity contribution in [2.75, 3.05) is 7.11 Å². The van der Waals surface area contributed by atoms with E-state index >= 15 is 0 Å². The van der Waals surface area contributed by atoms with Crippen molar-refractivity contribution in [3.8, 4) is 0 Å². The summed E-state index contributed by atoms with van der Waals surface area (Å²) in [5.74, 6) is -0.984. The minimum atomic E-state index is -0.984. The minimum Gasteiger partial charge on any atom is -0.478 e. The smallest absolute Gasteiger partial charge is 0.337 e. The van der Waals surface area contributed by atoms with Crippen molar-refractivity contribution < 1.29 is 19.7 Å². The van der Waals surface area contributed by atoms with E-state index in [9.17, 15) is 9.90 Å². The number of fused-ring (bicyclic) bond motifs is 1. The molecule has 1 atom stereocenters. The average Bonchev–Trinajstić information content (AvgIpc) is 2.72. The fraction of sp³-hybridized carbons (Fsp3) is 0.250. The molecule has 0 saturated heterocycles. The molecule has 5 nitrogen and oxygen atoms in total. The third-order valence-corrected chi connectivity index (χ3v) is 2.64. The molecule has 17 heavy (non-hydrogen) atoms. The maximum Gasteiger partial charge on any atom is 0.337 e. The van der Waals surface area contributed by atoms with Gasteiger partial charge in [-0.3, -0.25) is 0 Å². The number of carbonyl (C=O) groups is 1. The highest BCUT2D eigenvalue weighted by Crippen LogP contribution is 2.20. The van der Waals surface area contributed by atoms with E-state index < -0.39 is 12.3 Å². The second kappa shape index (κ2) is 4.57. The van der Waals surface area contributed by atoms with Gasteiger partial charge in [0.25, 0.3) is 0 Å². The average molecular weight is 235 g/mol. The van der Waals surface area contributed by atoms with Crippen LogP contribution in [0, 0.1) is 0 Å². The van der Waals surface area contributed by atoms with E-state index in [1.807, 2.05) is 12.1 Å². The Morgan fingerprint density at radius 1 is 1.47 bits per heavy atom. The van der Waals surface area contributed by atoms with Gasteiger partial charge in [0.1, 0.15) is 0 Å². The van der Waals surface area contributed by atoms with E-state index in [0.29, 0.717) is 5.52 Å². The Balaban J connectivity index is 2.53. The van der Waals surface area contributed by atoms with Gasteiger partial charge >= 0.3 is 5.97 Å². The predicted molar refractivity (Wildman–Crippen MR) is 61.9 cm³/mol. The molecule has 0 radical (unpaired) electrons.